The van der Waals surface area contributed by atoms with Gasteiger partial charge in [0.1, 0.15) is 61.0 Å². The second kappa shape index (κ2) is 16.7. The number of carboxylic acid groups (broad SMARTS) is 1. The van der Waals surface area contributed by atoms with Crippen molar-refractivity contribution in [1.29, 1.82) is 0 Å². The standard InChI is InChI=1S/C47H76O16/c1-22-30(50)32(52)34(54)38(59-22)63-37-36(62-39-35(55)33(53)31(51)26(20-48)60-39)25(49)21-58-40(37)61-29-12-13-44(6)27(43(29,4)5)11-14-46(8)28(44)10-9-23-24-19-42(2,3)15-17-47(24,41(56)57)18-16-45(23,46)7/h9,22,24-40,48-55H,10-21H2,1-8H3,(H,56,57)/t22-,24-,25-,26+,27-,28+,29?,30-,31+,32+,33-,34+,35+,36-,37+,38-,39-,40-,44-,45+,46+,47-/m0/s1. The predicted molar refractivity (Wildman–Crippen MR) is 223 cm³/mol. The maximum Gasteiger partial charge on any atom is 0.310 e. The van der Waals surface area contributed by atoms with E-state index in [9.17, 15) is 50.8 Å². The summed E-state index contributed by atoms with van der Waals surface area (Å²) in [5, 5.41) is 96.2. The van der Waals surface area contributed by atoms with E-state index in [1.54, 1.807) is 0 Å². The number of carbonyl (C=O) groups is 1. The minimum atomic E-state index is -1.80. The van der Waals surface area contributed by atoms with Gasteiger partial charge >= 0.3 is 5.97 Å². The van der Waals surface area contributed by atoms with Crippen LogP contribution >= 0.6 is 0 Å². The summed E-state index contributed by atoms with van der Waals surface area (Å²) in [6.45, 7) is 16.9. The van der Waals surface area contributed by atoms with E-state index in [1.807, 2.05) is 0 Å². The Morgan fingerprint density at radius 2 is 1.35 bits per heavy atom. The number of fused-ring (bicyclic) bond motifs is 7. The third-order valence-electron chi connectivity index (χ3n) is 18.9. The number of hydrogen-bond acceptors (Lipinski definition) is 15. The van der Waals surface area contributed by atoms with Crippen LogP contribution in [0.2, 0.25) is 0 Å². The number of aliphatic carboxylic acids is 1. The van der Waals surface area contributed by atoms with E-state index in [1.165, 1.54) is 12.5 Å². The first kappa shape index (κ1) is 48.1. The molecule has 7 fully saturated rings. The summed E-state index contributed by atoms with van der Waals surface area (Å²) in [6.07, 6.45) is -10.5. The van der Waals surface area contributed by atoms with Crippen molar-refractivity contribution in [2.24, 2.45) is 50.2 Å². The molecule has 3 saturated heterocycles. The van der Waals surface area contributed by atoms with Crippen LogP contribution in [0.15, 0.2) is 11.6 Å². The molecule has 16 nitrogen and oxygen atoms in total. The fraction of sp³-hybridized carbons (Fsp3) is 0.936. The lowest BCUT2D eigenvalue weighted by Crippen LogP contribution is -2.67. The van der Waals surface area contributed by atoms with Gasteiger partial charge in [-0.25, -0.2) is 0 Å². The lowest BCUT2D eigenvalue weighted by molar-refractivity contribution is -0.388. The van der Waals surface area contributed by atoms with Gasteiger partial charge in [0.25, 0.3) is 0 Å². The second-order valence-corrected chi connectivity index (χ2v) is 23.0. The Kier molecular flexibility index (Phi) is 12.8. The van der Waals surface area contributed by atoms with Gasteiger partial charge in [-0.15, -0.1) is 0 Å². The highest BCUT2D eigenvalue weighted by atomic mass is 16.8. The number of carboxylic acids is 1. The summed E-state index contributed by atoms with van der Waals surface area (Å²) >= 11 is 0. The smallest absolute Gasteiger partial charge is 0.310 e. The lowest BCUT2D eigenvalue weighted by atomic mass is 9.33. The Morgan fingerprint density at radius 3 is 2.02 bits per heavy atom. The Hall–Kier alpha value is -1.35. The number of rotatable bonds is 8. The second-order valence-electron chi connectivity index (χ2n) is 23.0. The zero-order valence-corrected chi connectivity index (χ0v) is 38.3. The number of hydrogen-bond donors (Lipinski definition) is 9. The van der Waals surface area contributed by atoms with Crippen molar-refractivity contribution in [3.8, 4) is 0 Å². The number of allylic oxidation sites excluding steroid dienone is 2. The monoisotopic (exact) mass is 897 g/mol. The molecule has 16 heteroatoms. The van der Waals surface area contributed by atoms with E-state index in [0.29, 0.717) is 18.8 Å². The quantitative estimate of drug-likeness (QED) is 0.125. The van der Waals surface area contributed by atoms with Crippen molar-refractivity contribution < 1.29 is 79.2 Å². The van der Waals surface area contributed by atoms with Crippen molar-refractivity contribution in [2.75, 3.05) is 13.2 Å². The van der Waals surface area contributed by atoms with Gasteiger partial charge in [0.2, 0.25) is 0 Å². The number of aliphatic hydroxyl groups is 8. The maximum atomic E-state index is 13.1. The molecule has 0 radical (unpaired) electrons. The van der Waals surface area contributed by atoms with Crippen molar-refractivity contribution in [3.05, 3.63) is 11.6 Å². The van der Waals surface area contributed by atoms with E-state index in [4.69, 9.17) is 28.4 Å². The van der Waals surface area contributed by atoms with E-state index in [0.717, 1.165) is 51.4 Å². The van der Waals surface area contributed by atoms with Gasteiger partial charge < -0.3 is 74.4 Å². The van der Waals surface area contributed by atoms with E-state index in [2.05, 4.69) is 54.5 Å². The van der Waals surface area contributed by atoms with Crippen LogP contribution in [0, 0.1) is 50.2 Å². The first-order chi connectivity index (χ1) is 29.4. The summed E-state index contributed by atoms with van der Waals surface area (Å²) in [5.74, 6) is -0.0609. The highest BCUT2D eigenvalue weighted by Crippen LogP contribution is 2.76. The highest BCUT2D eigenvalue weighted by molar-refractivity contribution is 5.76. The number of aliphatic hydroxyl groups excluding tert-OH is 8. The van der Waals surface area contributed by atoms with Gasteiger partial charge in [-0.05, 0) is 116 Å². The van der Waals surface area contributed by atoms with Crippen LogP contribution in [0.3, 0.4) is 0 Å². The van der Waals surface area contributed by atoms with Crippen LogP contribution in [0.25, 0.3) is 0 Å². The molecule has 0 aromatic rings. The van der Waals surface area contributed by atoms with Crippen LogP contribution in [-0.4, -0.2) is 157 Å². The van der Waals surface area contributed by atoms with Crippen LogP contribution in [0.5, 0.6) is 0 Å². The molecule has 0 amide bonds. The average molecular weight is 897 g/mol. The summed E-state index contributed by atoms with van der Waals surface area (Å²) in [5.41, 5.74) is 0.0522. The van der Waals surface area contributed by atoms with Gasteiger partial charge in [-0.3, -0.25) is 4.79 Å². The van der Waals surface area contributed by atoms with Crippen molar-refractivity contribution in [1.82, 2.24) is 0 Å². The maximum absolute atomic E-state index is 13.1. The van der Waals surface area contributed by atoms with Crippen molar-refractivity contribution in [2.45, 2.75) is 212 Å². The topological polar surface area (TPSA) is 255 Å². The molecule has 8 aliphatic rings. The van der Waals surface area contributed by atoms with Gasteiger partial charge in [-0.1, -0.05) is 60.1 Å². The van der Waals surface area contributed by atoms with E-state index in [-0.39, 0.29) is 40.1 Å². The van der Waals surface area contributed by atoms with Crippen LogP contribution in [-0.2, 0) is 33.2 Å². The third kappa shape index (κ3) is 7.51. The first-order valence-corrected chi connectivity index (χ1v) is 23.6. The summed E-state index contributed by atoms with van der Waals surface area (Å²) in [4.78, 5) is 13.1. The van der Waals surface area contributed by atoms with Gasteiger partial charge in [0.05, 0.1) is 30.8 Å². The largest absolute Gasteiger partial charge is 0.481 e. The molecule has 0 spiro atoms. The Balaban J connectivity index is 1.07. The van der Waals surface area contributed by atoms with Crippen LogP contribution in [0.4, 0.5) is 0 Å². The fourth-order valence-corrected chi connectivity index (χ4v) is 14.8. The Bertz CT molecular complexity index is 1720. The molecule has 4 saturated carbocycles. The van der Waals surface area contributed by atoms with E-state index < -0.39 is 116 Å². The average Bonchev–Trinajstić information content (AvgIpc) is 3.22. The summed E-state index contributed by atoms with van der Waals surface area (Å²) < 4.78 is 37.1. The molecule has 5 aliphatic carbocycles. The van der Waals surface area contributed by atoms with Gasteiger partial charge in [0.15, 0.2) is 18.9 Å². The highest BCUT2D eigenvalue weighted by Gasteiger charge is 2.70. The molecule has 360 valence electrons. The first-order valence-electron chi connectivity index (χ1n) is 23.6. The molecule has 0 aromatic heterocycles. The molecule has 9 N–H and O–H groups in total. The van der Waals surface area contributed by atoms with Gasteiger partial charge in [0, 0.05) is 0 Å². The molecule has 63 heavy (non-hydrogen) atoms. The van der Waals surface area contributed by atoms with Crippen LogP contribution < -0.4 is 0 Å². The zero-order chi connectivity index (χ0) is 46.0. The molecule has 3 heterocycles. The third-order valence-corrected chi connectivity index (χ3v) is 18.9. The lowest BCUT2D eigenvalue weighted by Gasteiger charge is -2.71. The summed E-state index contributed by atoms with van der Waals surface area (Å²) in [7, 11) is 0. The van der Waals surface area contributed by atoms with E-state index >= 15 is 0 Å². The molecule has 3 aliphatic heterocycles. The minimum absolute atomic E-state index is 0.0238. The molecular formula is C47H76O16. The zero-order valence-electron chi connectivity index (χ0n) is 38.3. The minimum Gasteiger partial charge on any atom is -0.481 e. The molecular weight excluding hydrogens is 821 g/mol. The fourth-order valence-electron chi connectivity index (χ4n) is 14.8. The molecule has 0 aromatic carbocycles. The van der Waals surface area contributed by atoms with Crippen molar-refractivity contribution >= 4 is 5.97 Å². The summed E-state index contributed by atoms with van der Waals surface area (Å²) in [6, 6.07) is 0. The molecule has 1 unspecified atom stereocenters. The Labute approximate surface area is 371 Å². The molecule has 0 bridgehead atoms. The Morgan fingerprint density at radius 1 is 0.714 bits per heavy atom. The molecule has 8 rings (SSSR count). The van der Waals surface area contributed by atoms with Crippen molar-refractivity contribution in [3.63, 3.8) is 0 Å². The number of ether oxygens (including phenoxy) is 6. The predicted octanol–water partition coefficient (Wildman–Crippen LogP) is 2.37. The normalized spacial score (nSPS) is 54.1. The SMILES string of the molecule is C[C@@H]1O[C@@H](O[C@H]2[C@H](OC3CC[C@]4(C)[C@H]5CC=C6[C@@H]7CC(C)(C)CC[C@]7(C(=O)O)CC[C@@]6(C)[C@]5(C)CC[C@H]4C3(C)C)OC[C@H](O)[C@@H]2O[C@@H]2O[C@H](CO)[C@@H](O)[C@H](O)[C@H]2O)[C@H](O)[C@H](O)[C@H]1O. The van der Waals surface area contributed by atoms with Crippen LogP contribution in [0.1, 0.15) is 120 Å². The van der Waals surface area contributed by atoms with Gasteiger partial charge in [-0.2, -0.15) is 0 Å². The molecule has 22 atom stereocenters.